The van der Waals surface area contributed by atoms with E-state index in [4.69, 9.17) is 47.0 Å². The van der Waals surface area contributed by atoms with Gasteiger partial charge in [-0.05, 0) is 32.9 Å². The van der Waals surface area contributed by atoms with Gasteiger partial charge in [0.05, 0.1) is 25.8 Å². The topological polar surface area (TPSA) is 214 Å². The Morgan fingerprint density at radius 2 is 1.90 bits per heavy atom. The minimum atomic E-state index is -1.24. The average molecular weight is 450 g/mol. The van der Waals surface area contributed by atoms with Crippen molar-refractivity contribution in [2.24, 2.45) is 22.9 Å². The van der Waals surface area contributed by atoms with Crippen LogP contribution in [0.5, 0.6) is 0 Å². The highest BCUT2D eigenvalue weighted by Gasteiger charge is 2.46. The predicted molar refractivity (Wildman–Crippen MR) is 112 cm³/mol. The second kappa shape index (κ2) is 12.4. The lowest BCUT2D eigenvalue weighted by Gasteiger charge is -2.45. The summed E-state index contributed by atoms with van der Waals surface area (Å²) >= 11 is 0. The highest BCUT2D eigenvalue weighted by molar-refractivity contribution is 5.03. The van der Waals surface area contributed by atoms with Crippen LogP contribution in [0, 0.1) is 0 Å². The summed E-state index contributed by atoms with van der Waals surface area (Å²) in [6.45, 7) is 1.62. The molecule has 12 nitrogen and oxygen atoms in total. The molecule has 12 heteroatoms. The number of hydrogen-bond donors (Lipinski definition) is 8. The Balaban J connectivity index is 2.12. The van der Waals surface area contributed by atoms with Gasteiger partial charge in [0, 0.05) is 18.1 Å². The number of rotatable bonds is 11. The maximum absolute atomic E-state index is 11.0. The van der Waals surface area contributed by atoms with Gasteiger partial charge in [0.2, 0.25) is 6.29 Å². The molecule has 0 bridgehead atoms. The highest BCUT2D eigenvalue weighted by Crippen LogP contribution is 2.28. The largest absolute Gasteiger partial charge is 0.467 e. The van der Waals surface area contributed by atoms with E-state index in [1.807, 2.05) is 0 Å². The Morgan fingerprint density at radius 1 is 1.23 bits per heavy atom. The molecule has 2 rings (SSSR count). The van der Waals surface area contributed by atoms with Gasteiger partial charge in [-0.3, -0.25) is 0 Å². The van der Waals surface area contributed by atoms with E-state index in [1.165, 1.54) is 0 Å². The Kier molecular flexibility index (Phi) is 10.5. The molecule has 0 aromatic heterocycles. The van der Waals surface area contributed by atoms with Crippen LogP contribution in [-0.4, -0.2) is 103 Å². The summed E-state index contributed by atoms with van der Waals surface area (Å²) in [5.41, 5.74) is 24.1. The van der Waals surface area contributed by atoms with Crippen molar-refractivity contribution in [2.75, 3.05) is 26.8 Å². The smallest absolute Gasteiger partial charge is 0.215 e. The molecule has 0 spiro atoms. The molecule has 182 valence electrons. The average Bonchev–Trinajstić information content (AvgIpc) is 2.76. The first kappa shape index (κ1) is 26.4. The van der Waals surface area contributed by atoms with Gasteiger partial charge in [-0.1, -0.05) is 0 Å². The van der Waals surface area contributed by atoms with Gasteiger partial charge in [-0.15, -0.1) is 0 Å². The van der Waals surface area contributed by atoms with Crippen molar-refractivity contribution >= 4 is 0 Å². The van der Waals surface area contributed by atoms with Crippen LogP contribution in [0.15, 0.2) is 11.8 Å². The number of aliphatic hydroxyl groups is 3. The number of ether oxygens (including phenoxy) is 4. The maximum atomic E-state index is 11.0. The zero-order chi connectivity index (χ0) is 23.1. The molecule has 0 aromatic carbocycles. The molecule has 0 radical (unpaired) electrons. The van der Waals surface area contributed by atoms with Gasteiger partial charge in [-0.2, -0.15) is 0 Å². The lowest BCUT2D eigenvalue weighted by molar-refractivity contribution is -0.270. The van der Waals surface area contributed by atoms with Gasteiger partial charge in [0.25, 0.3) is 0 Å². The molecule has 1 aliphatic heterocycles. The summed E-state index contributed by atoms with van der Waals surface area (Å²) in [7, 11) is 1.68. The fourth-order valence-corrected chi connectivity index (χ4v) is 3.67. The van der Waals surface area contributed by atoms with E-state index < -0.39 is 55.1 Å². The Labute approximate surface area is 182 Å². The summed E-state index contributed by atoms with van der Waals surface area (Å²) < 4.78 is 23.0. The van der Waals surface area contributed by atoms with E-state index in [9.17, 15) is 10.2 Å². The summed E-state index contributed by atoms with van der Waals surface area (Å²) in [4.78, 5) is 0. The maximum Gasteiger partial charge on any atom is 0.215 e. The van der Waals surface area contributed by atoms with Crippen LogP contribution in [0.3, 0.4) is 0 Å². The van der Waals surface area contributed by atoms with E-state index in [2.05, 4.69) is 5.32 Å². The van der Waals surface area contributed by atoms with Crippen LogP contribution in [0.1, 0.15) is 19.8 Å². The number of nitrogens with one attached hydrogen (secondary N) is 1. The molecule has 12 N–H and O–H groups in total. The molecule has 1 saturated carbocycles. The third kappa shape index (κ3) is 6.79. The van der Waals surface area contributed by atoms with Crippen molar-refractivity contribution in [1.82, 2.24) is 5.32 Å². The van der Waals surface area contributed by atoms with E-state index >= 15 is 0 Å². The molecule has 0 unspecified atom stereocenters. The van der Waals surface area contributed by atoms with Crippen molar-refractivity contribution in [3.63, 3.8) is 0 Å². The minimum absolute atomic E-state index is 0.0609. The van der Waals surface area contributed by atoms with Crippen LogP contribution < -0.4 is 28.3 Å². The molecule has 1 fully saturated rings. The second-order valence-electron chi connectivity index (χ2n) is 8.05. The predicted octanol–water partition coefficient (Wildman–Crippen LogP) is -3.60. The third-order valence-corrected chi connectivity index (χ3v) is 5.70. The normalized spacial score (nSPS) is 36.9. The summed E-state index contributed by atoms with van der Waals surface area (Å²) in [5.74, 6) is 0.553. The quantitative estimate of drug-likeness (QED) is 0.144. The number of nitrogens with two attached hydrogens (primary N) is 4. The Morgan fingerprint density at radius 3 is 2.52 bits per heavy atom. The van der Waals surface area contributed by atoms with Gasteiger partial charge < -0.3 is 62.5 Å². The van der Waals surface area contributed by atoms with Crippen LogP contribution in [0.2, 0.25) is 0 Å². The van der Waals surface area contributed by atoms with Crippen LogP contribution in [0.4, 0.5) is 0 Å². The molecule has 0 saturated heterocycles. The minimum Gasteiger partial charge on any atom is -0.467 e. The lowest BCUT2D eigenvalue weighted by atomic mass is 9.84. The number of hydrogen-bond acceptors (Lipinski definition) is 12. The fourth-order valence-electron chi connectivity index (χ4n) is 3.67. The van der Waals surface area contributed by atoms with Crippen molar-refractivity contribution in [3.05, 3.63) is 11.8 Å². The van der Waals surface area contributed by atoms with E-state index in [0.29, 0.717) is 18.6 Å². The zero-order valence-corrected chi connectivity index (χ0v) is 18.2. The van der Waals surface area contributed by atoms with Crippen LogP contribution in [0.25, 0.3) is 0 Å². The molecule has 1 aliphatic carbocycles. The first-order valence-electron chi connectivity index (χ1n) is 10.6. The molecule has 31 heavy (non-hydrogen) atoms. The fraction of sp³-hybridized carbons (Fsp3) is 0.895. The van der Waals surface area contributed by atoms with Gasteiger partial charge >= 0.3 is 0 Å². The summed E-state index contributed by atoms with van der Waals surface area (Å²) in [5, 5.41) is 33.6. The Bertz CT molecular complexity index is 572. The molecule has 2 aliphatic rings. The van der Waals surface area contributed by atoms with E-state index in [1.54, 1.807) is 20.0 Å². The SMILES string of the molecule is CN[C@@H](C)[C@@H](O)[C@H](OCCO)O[C@@H]1[C@@H](O)[C@H](O[C@H]2OC(CN)=CC[C@H]2N)[C@@H](N)C[C@H]1N. The van der Waals surface area contributed by atoms with Crippen molar-refractivity contribution in [3.8, 4) is 0 Å². The van der Waals surface area contributed by atoms with Crippen molar-refractivity contribution in [1.29, 1.82) is 0 Å². The monoisotopic (exact) mass is 449 g/mol. The second-order valence-corrected chi connectivity index (χ2v) is 8.05. The van der Waals surface area contributed by atoms with Gasteiger partial charge in [0.1, 0.15) is 30.2 Å². The van der Waals surface area contributed by atoms with Crippen LogP contribution in [-0.2, 0) is 18.9 Å². The number of aliphatic hydroxyl groups excluding tert-OH is 3. The van der Waals surface area contributed by atoms with Crippen molar-refractivity contribution in [2.45, 2.75) is 80.9 Å². The van der Waals surface area contributed by atoms with Gasteiger partial charge in [0.15, 0.2) is 6.29 Å². The Hall–Kier alpha value is -0.900. The molecule has 10 atom stereocenters. The van der Waals surface area contributed by atoms with E-state index in [-0.39, 0.29) is 25.8 Å². The third-order valence-electron chi connectivity index (χ3n) is 5.70. The molecule has 0 aromatic rings. The molecular weight excluding hydrogens is 410 g/mol. The lowest BCUT2D eigenvalue weighted by Crippen LogP contribution is -2.65. The summed E-state index contributed by atoms with van der Waals surface area (Å²) in [6.07, 6.45) is -3.52. The molecule has 0 amide bonds. The highest BCUT2D eigenvalue weighted by atomic mass is 16.7. The first-order valence-corrected chi connectivity index (χ1v) is 10.6. The molecule has 1 heterocycles. The zero-order valence-electron chi connectivity index (χ0n) is 18.2. The molecular formula is C19H39N5O7. The van der Waals surface area contributed by atoms with E-state index in [0.717, 1.165) is 0 Å². The number of likely N-dealkylation sites (N-methyl/N-ethyl adjacent to an activating group) is 1. The van der Waals surface area contributed by atoms with Crippen molar-refractivity contribution < 1.29 is 34.3 Å². The van der Waals surface area contributed by atoms with Gasteiger partial charge in [-0.25, -0.2) is 0 Å². The van der Waals surface area contributed by atoms with Crippen LogP contribution >= 0.6 is 0 Å². The summed E-state index contributed by atoms with van der Waals surface area (Å²) in [6, 6.07) is -2.07. The standard InChI is InChI=1S/C19H39N5O7/c1-9(24-2)14(26)19(28-6-5-25)31-17-13(23)7-12(22)16(15(17)27)30-18-11(21)4-3-10(8-20)29-18/h3,9,11-19,24-27H,4-8,20-23H2,1-2H3/t9-,11+,12-,13+,14+,15-,16+,17-,18+,19+/m0/s1. The first-order chi connectivity index (χ1) is 14.7.